The average Bonchev–Trinajstić information content (AvgIpc) is 3.73. The van der Waals surface area contributed by atoms with Crippen molar-refractivity contribution in [2.45, 2.75) is 148 Å². The zero-order valence-electron chi connectivity index (χ0n) is 31.6. The summed E-state index contributed by atoms with van der Waals surface area (Å²) in [7, 11) is 1.58. The lowest BCUT2D eigenvalue weighted by Gasteiger charge is -2.64. The van der Waals surface area contributed by atoms with Crippen LogP contribution in [0.15, 0.2) is 0 Å². The summed E-state index contributed by atoms with van der Waals surface area (Å²) >= 11 is 16.9. The number of carbonyl (C=O) groups is 1. The minimum absolute atomic E-state index is 0.00167. The smallest absolute Gasteiger partial charge is 0.303 e. The van der Waals surface area contributed by atoms with Crippen LogP contribution in [-0.4, -0.2) is 88.2 Å². The van der Waals surface area contributed by atoms with Crippen molar-refractivity contribution in [1.29, 1.82) is 0 Å². The second kappa shape index (κ2) is 15.0. The number of carbonyl (C=O) groups excluding carboxylic acids is 1. The molecule has 2 spiro atoms. The Balaban J connectivity index is 1.13. The van der Waals surface area contributed by atoms with Crippen LogP contribution < -0.4 is 0 Å². The largest absolute Gasteiger partial charge is 0.457 e. The zero-order valence-corrected chi connectivity index (χ0v) is 35.1. The van der Waals surface area contributed by atoms with E-state index in [0.717, 1.165) is 38.5 Å². The second-order valence-corrected chi connectivity index (χ2v) is 19.0. The van der Waals surface area contributed by atoms with E-state index >= 15 is 0 Å². The van der Waals surface area contributed by atoms with Crippen molar-refractivity contribution in [2.75, 3.05) is 27.1 Å². The predicted octanol–water partition coefficient (Wildman–Crippen LogP) is 6.65. The van der Waals surface area contributed by atoms with Crippen LogP contribution in [0.5, 0.6) is 0 Å². The van der Waals surface area contributed by atoms with Gasteiger partial charge in [-0.05, 0) is 148 Å². The molecule has 5 saturated carbocycles. The van der Waals surface area contributed by atoms with Gasteiger partial charge in [-0.15, -0.1) is 0 Å². The van der Waals surface area contributed by atoms with Gasteiger partial charge in [-0.1, -0.05) is 34.6 Å². The number of methoxy groups -OCH3 is 1. The number of ether oxygens (including phenoxy) is 6. The summed E-state index contributed by atoms with van der Waals surface area (Å²) < 4.78 is 59.2. The first-order valence-corrected chi connectivity index (χ1v) is 20.6. The fourth-order valence-corrected chi connectivity index (χ4v) is 15.0. The van der Waals surface area contributed by atoms with Crippen LogP contribution in [0.25, 0.3) is 0 Å². The molecular formula is C37H60O11S4. The van der Waals surface area contributed by atoms with Crippen LogP contribution in [-0.2, 0) is 49.9 Å². The summed E-state index contributed by atoms with van der Waals surface area (Å²) in [5.41, 5.74) is 0.240. The van der Waals surface area contributed by atoms with Crippen LogP contribution in [0.3, 0.4) is 0 Å². The number of fused-ring (bicyclic) bond motifs is 4. The highest BCUT2D eigenvalue weighted by Crippen LogP contribution is 2.89. The maximum Gasteiger partial charge on any atom is 0.303 e. The van der Waals surface area contributed by atoms with Crippen molar-refractivity contribution in [2.24, 2.45) is 50.7 Å². The first-order chi connectivity index (χ1) is 24.7. The molecule has 7 rings (SSSR count). The SMILES string of the molecule is COCOC[C@H](OC(C)=O)[C@H]1C[C@@H](C)C2C(O1)[C@H](OS)[C@@]1(C)[C@@H]3CC[C@H]4C(C)(C)[C@@H](OC5OC[C@@H](OS)[C@H](OS)[C@H]5OS)CC[C@@]45C[C@@]35CC[C@]21C. The minimum atomic E-state index is -0.667. The summed E-state index contributed by atoms with van der Waals surface area (Å²) in [5, 5.41) is 0. The van der Waals surface area contributed by atoms with E-state index in [1.807, 2.05) is 0 Å². The summed E-state index contributed by atoms with van der Waals surface area (Å²) in [6.45, 7) is 14.2. The molecule has 0 amide bonds. The molecule has 11 nitrogen and oxygen atoms in total. The van der Waals surface area contributed by atoms with Gasteiger partial charge in [-0.3, -0.25) is 4.79 Å². The van der Waals surface area contributed by atoms with Gasteiger partial charge in [0.25, 0.3) is 0 Å². The van der Waals surface area contributed by atoms with Gasteiger partial charge in [-0.2, -0.15) is 0 Å². The van der Waals surface area contributed by atoms with Crippen molar-refractivity contribution in [3.05, 3.63) is 0 Å². The Hall–Kier alpha value is 0.510. The van der Waals surface area contributed by atoms with Crippen molar-refractivity contribution in [1.82, 2.24) is 0 Å². The normalized spacial score (nSPS) is 50.9. The summed E-state index contributed by atoms with van der Waals surface area (Å²) in [6.07, 6.45) is 5.12. The first kappa shape index (κ1) is 40.7. The van der Waals surface area contributed by atoms with Crippen LogP contribution in [0.2, 0.25) is 0 Å². The number of hydrogen-bond donors (Lipinski definition) is 4. The van der Waals surface area contributed by atoms with Gasteiger partial charge in [0.2, 0.25) is 0 Å². The number of thiol groups is 4. The molecule has 15 heteroatoms. The van der Waals surface area contributed by atoms with Gasteiger partial charge >= 0.3 is 5.97 Å². The molecule has 0 bridgehead atoms. The molecule has 17 atom stereocenters. The third-order valence-corrected chi connectivity index (χ3v) is 17.1. The van der Waals surface area contributed by atoms with E-state index in [9.17, 15) is 4.79 Å². The standard InChI is InChI=1S/C37H60O11S4/c1-19-14-21(22(42-20(2)38)15-40-18-39-7)43-29-27(19)34(5)12-13-37-17-36(37)11-10-26(44-32-30(47-51)28(46-50)23(45-49)16-41-32)33(3,4)24(36)8-9-25(37)35(34,6)31(29)48-52/h19,21-32,49-52H,8-18H2,1-7H3/t19-,21-,22+,23-,24+,25+,26+,27?,28+,29?,30-,31+,32?,34-,35-,36-,37+/m1/s1. The lowest BCUT2D eigenvalue weighted by molar-refractivity contribution is -0.288. The molecule has 0 aromatic heterocycles. The van der Waals surface area contributed by atoms with E-state index < -0.39 is 30.7 Å². The third-order valence-electron chi connectivity index (χ3n) is 16.1. The van der Waals surface area contributed by atoms with Gasteiger partial charge in [0.15, 0.2) is 18.5 Å². The van der Waals surface area contributed by atoms with E-state index in [0.29, 0.717) is 23.7 Å². The van der Waals surface area contributed by atoms with Crippen molar-refractivity contribution in [3.63, 3.8) is 0 Å². The molecule has 2 heterocycles. The van der Waals surface area contributed by atoms with Gasteiger partial charge in [0.1, 0.15) is 25.1 Å². The third kappa shape index (κ3) is 5.93. The molecule has 5 aliphatic carbocycles. The fraction of sp³-hybridized carbons (Fsp3) is 0.973. The lowest BCUT2D eigenvalue weighted by atomic mass is 9.41. The van der Waals surface area contributed by atoms with Crippen molar-refractivity contribution >= 4 is 57.6 Å². The molecule has 3 unspecified atom stereocenters. The molecule has 7 fully saturated rings. The number of hydrogen-bond acceptors (Lipinski definition) is 15. The van der Waals surface area contributed by atoms with Crippen molar-refractivity contribution < 1.29 is 49.9 Å². The van der Waals surface area contributed by atoms with Crippen LogP contribution in [0.4, 0.5) is 0 Å². The highest BCUT2D eigenvalue weighted by Gasteiger charge is 2.85. The Kier molecular flexibility index (Phi) is 11.8. The Morgan fingerprint density at radius 2 is 1.62 bits per heavy atom. The van der Waals surface area contributed by atoms with E-state index in [2.05, 4.69) is 86.3 Å². The molecule has 0 aromatic carbocycles. The molecule has 2 saturated heterocycles. The molecule has 298 valence electrons. The maximum atomic E-state index is 12.2. The zero-order chi connectivity index (χ0) is 37.4. The van der Waals surface area contributed by atoms with Gasteiger partial charge in [0.05, 0.1) is 31.5 Å². The quantitative estimate of drug-likeness (QED) is 0.0425. The van der Waals surface area contributed by atoms with Gasteiger partial charge in [-0.25, -0.2) is 0 Å². The molecule has 0 radical (unpaired) electrons. The summed E-state index contributed by atoms with van der Waals surface area (Å²) in [5.74, 6) is 1.26. The Morgan fingerprint density at radius 3 is 2.27 bits per heavy atom. The summed E-state index contributed by atoms with van der Waals surface area (Å²) in [6, 6.07) is 0. The van der Waals surface area contributed by atoms with E-state index in [1.165, 1.54) is 19.8 Å². The van der Waals surface area contributed by atoms with Crippen LogP contribution in [0, 0.1) is 50.7 Å². The van der Waals surface area contributed by atoms with E-state index in [-0.39, 0.29) is 77.5 Å². The van der Waals surface area contributed by atoms with E-state index in [4.69, 9.17) is 45.2 Å². The Morgan fingerprint density at radius 1 is 0.904 bits per heavy atom. The topological polar surface area (TPSA) is 109 Å². The van der Waals surface area contributed by atoms with Gasteiger partial charge < -0.3 is 45.2 Å². The minimum Gasteiger partial charge on any atom is -0.457 e. The monoisotopic (exact) mass is 808 g/mol. The maximum absolute atomic E-state index is 12.2. The Bertz CT molecular complexity index is 1310. The highest BCUT2D eigenvalue weighted by molar-refractivity contribution is 7.75. The molecule has 52 heavy (non-hydrogen) atoms. The lowest BCUT2D eigenvalue weighted by Crippen LogP contribution is -2.61. The number of esters is 1. The molecule has 7 aliphatic rings. The first-order valence-electron chi connectivity index (χ1n) is 19.1. The van der Waals surface area contributed by atoms with Crippen LogP contribution >= 0.6 is 51.6 Å². The highest BCUT2D eigenvalue weighted by atomic mass is 32.1. The second-order valence-electron chi connectivity index (χ2n) is 18.2. The molecule has 0 aromatic rings. The average molecular weight is 809 g/mol. The van der Waals surface area contributed by atoms with Crippen molar-refractivity contribution in [3.8, 4) is 0 Å². The molecule has 0 N–H and O–H groups in total. The molecular weight excluding hydrogens is 749 g/mol. The van der Waals surface area contributed by atoms with Crippen LogP contribution in [0.1, 0.15) is 92.9 Å². The predicted molar refractivity (Wildman–Crippen MR) is 204 cm³/mol. The van der Waals surface area contributed by atoms with Gasteiger partial charge in [0, 0.05) is 19.4 Å². The fourth-order valence-electron chi connectivity index (χ4n) is 14.0. The summed E-state index contributed by atoms with van der Waals surface area (Å²) in [4.78, 5) is 12.2. The Labute approximate surface area is 332 Å². The number of rotatable bonds is 12. The van der Waals surface area contributed by atoms with E-state index in [1.54, 1.807) is 7.11 Å². The molecule has 2 aliphatic heterocycles.